The van der Waals surface area contributed by atoms with Gasteiger partial charge >= 0.3 is 0 Å². The lowest BCUT2D eigenvalue weighted by Crippen LogP contribution is -2.24. The average molecular weight is 209 g/mol. The number of hydrogen-bond acceptors (Lipinski definition) is 2. The molecule has 0 spiro atoms. The molecule has 0 aliphatic carbocycles. The van der Waals surface area contributed by atoms with Gasteiger partial charge in [0.1, 0.15) is 0 Å². The summed E-state index contributed by atoms with van der Waals surface area (Å²) in [6.07, 6.45) is 4.47. The second-order valence-corrected chi connectivity index (χ2v) is 4.34. The normalized spacial score (nSPS) is 15.3. The Kier molecular flexibility index (Phi) is 4.33. The van der Waals surface area contributed by atoms with Crippen molar-refractivity contribution in [2.75, 3.05) is 7.05 Å². The van der Waals surface area contributed by atoms with E-state index in [1.54, 1.807) is 0 Å². The van der Waals surface area contributed by atoms with Crippen molar-refractivity contribution in [2.45, 2.75) is 39.7 Å². The number of hydrogen-bond donors (Lipinski definition) is 1. The van der Waals surface area contributed by atoms with E-state index in [-0.39, 0.29) is 0 Å². The van der Waals surface area contributed by atoms with Crippen LogP contribution >= 0.6 is 0 Å². The SMILES string of the molecule is CCCC(C)C(NC)c1cnn(C)c1C. The van der Waals surface area contributed by atoms with Gasteiger partial charge < -0.3 is 5.32 Å². The third kappa shape index (κ3) is 2.59. The van der Waals surface area contributed by atoms with Crippen LogP contribution in [0.3, 0.4) is 0 Å². The molecule has 0 aliphatic heterocycles. The zero-order valence-electron chi connectivity index (χ0n) is 10.5. The van der Waals surface area contributed by atoms with E-state index in [0.717, 1.165) is 0 Å². The first-order valence-electron chi connectivity index (χ1n) is 5.77. The average Bonchev–Trinajstić information content (AvgIpc) is 2.51. The van der Waals surface area contributed by atoms with E-state index in [0.29, 0.717) is 12.0 Å². The second kappa shape index (κ2) is 5.31. The van der Waals surface area contributed by atoms with Gasteiger partial charge in [-0.05, 0) is 26.3 Å². The molecular weight excluding hydrogens is 186 g/mol. The molecule has 3 heteroatoms. The molecule has 3 nitrogen and oxygen atoms in total. The smallest absolute Gasteiger partial charge is 0.0540 e. The summed E-state index contributed by atoms with van der Waals surface area (Å²) in [5.41, 5.74) is 2.60. The molecule has 0 bridgehead atoms. The van der Waals surface area contributed by atoms with Crippen LogP contribution in [0, 0.1) is 12.8 Å². The molecule has 0 amide bonds. The first-order valence-corrected chi connectivity index (χ1v) is 5.77. The maximum absolute atomic E-state index is 4.30. The van der Waals surface area contributed by atoms with Crippen molar-refractivity contribution in [3.8, 4) is 0 Å². The summed E-state index contributed by atoms with van der Waals surface area (Å²) in [6, 6.07) is 0.429. The van der Waals surface area contributed by atoms with E-state index < -0.39 is 0 Å². The summed E-state index contributed by atoms with van der Waals surface area (Å²) in [7, 11) is 4.03. The number of aryl methyl sites for hydroxylation is 1. The highest BCUT2D eigenvalue weighted by atomic mass is 15.3. The topological polar surface area (TPSA) is 29.9 Å². The zero-order valence-corrected chi connectivity index (χ0v) is 10.5. The van der Waals surface area contributed by atoms with Gasteiger partial charge in [0.25, 0.3) is 0 Å². The van der Waals surface area contributed by atoms with Crippen LogP contribution in [0.25, 0.3) is 0 Å². The lowest BCUT2D eigenvalue weighted by atomic mass is 9.91. The molecule has 15 heavy (non-hydrogen) atoms. The molecule has 1 rings (SSSR count). The predicted octanol–water partition coefficient (Wildman–Crippen LogP) is 2.43. The highest BCUT2D eigenvalue weighted by Crippen LogP contribution is 2.26. The standard InChI is InChI=1S/C12H23N3/c1-6-7-9(2)12(13-4)11-8-14-15(5)10(11)3/h8-9,12-13H,6-7H2,1-5H3. The lowest BCUT2D eigenvalue weighted by molar-refractivity contribution is 0.382. The van der Waals surface area contributed by atoms with Crippen molar-refractivity contribution >= 4 is 0 Å². The third-order valence-corrected chi connectivity index (χ3v) is 3.23. The molecule has 86 valence electrons. The van der Waals surface area contributed by atoms with E-state index in [2.05, 4.69) is 31.2 Å². The van der Waals surface area contributed by atoms with Crippen molar-refractivity contribution in [2.24, 2.45) is 13.0 Å². The molecule has 0 aliphatic rings. The van der Waals surface area contributed by atoms with Gasteiger partial charge in [-0.2, -0.15) is 5.10 Å². The van der Waals surface area contributed by atoms with Crippen LogP contribution in [-0.4, -0.2) is 16.8 Å². The summed E-state index contributed by atoms with van der Waals surface area (Å²) in [6.45, 7) is 6.67. The maximum Gasteiger partial charge on any atom is 0.0540 e. The highest BCUT2D eigenvalue weighted by Gasteiger charge is 2.20. The number of aromatic nitrogens is 2. The van der Waals surface area contributed by atoms with Crippen molar-refractivity contribution < 1.29 is 0 Å². The Morgan fingerprint density at radius 2 is 2.20 bits per heavy atom. The molecule has 0 fully saturated rings. The van der Waals surface area contributed by atoms with E-state index in [9.17, 15) is 0 Å². The largest absolute Gasteiger partial charge is 0.313 e. The fourth-order valence-electron chi connectivity index (χ4n) is 2.19. The Morgan fingerprint density at radius 3 is 2.60 bits per heavy atom. The van der Waals surface area contributed by atoms with Crippen molar-refractivity contribution in [3.05, 3.63) is 17.5 Å². The van der Waals surface area contributed by atoms with Gasteiger partial charge in [-0.1, -0.05) is 20.3 Å². The van der Waals surface area contributed by atoms with E-state index in [1.807, 2.05) is 25.0 Å². The molecule has 2 unspecified atom stereocenters. The van der Waals surface area contributed by atoms with E-state index in [4.69, 9.17) is 0 Å². The first kappa shape index (κ1) is 12.2. The monoisotopic (exact) mass is 209 g/mol. The van der Waals surface area contributed by atoms with E-state index >= 15 is 0 Å². The Morgan fingerprint density at radius 1 is 1.53 bits per heavy atom. The molecule has 1 N–H and O–H groups in total. The number of nitrogens with zero attached hydrogens (tertiary/aromatic N) is 2. The first-order chi connectivity index (χ1) is 7.11. The van der Waals surface area contributed by atoms with Crippen LogP contribution in [0.15, 0.2) is 6.20 Å². The number of nitrogens with one attached hydrogen (secondary N) is 1. The quantitative estimate of drug-likeness (QED) is 0.807. The van der Waals surface area contributed by atoms with Crippen LogP contribution in [0.4, 0.5) is 0 Å². The molecular formula is C12H23N3. The summed E-state index contributed by atoms with van der Waals surface area (Å²) in [5.74, 6) is 0.655. The van der Waals surface area contributed by atoms with Gasteiger partial charge in [0, 0.05) is 24.3 Å². The minimum atomic E-state index is 0.429. The Bertz CT molecular complexity index is 304. The van der Waals surface area contributed by atoms with Crippen molar-refractivity contribution in [3.63, 3.8) is 0 Å². The van der Waals surface area contributed by atoms with Crippen LogP contribution < -0.4 is 5.32 Å². The predicted molar refractivity (Wildman–Crippen MR) is 63.8 cm³/mol. The van der Waals surface area contributed by atoms with Crippen LogP contribution in [-0.2, 0) is 7.05 Å². The van der Waals surface area contributed by atoms with Gasteiger partial charge in [0.2, 0.25) is 0 Å². The molecule has 1 aromatic heterocycles. The van der Waals surface area contributed by atoms with Crippen molar-refractivity contribution in [1.29, 1.82) is 0 Å². The Hall–Kier alpha value is -0.830. The Balaban J connectivity index is 2.87. The molecule has 1 heterocycles. The summed E-state index contributed by atoms with van der Waals surface area (Å²) >= 11 is 0. The molecule has 1 aromatic rings. The van der Waals surface area contributed by atoms with Crippen molar-refractivity contribution in [1.82, 2.24) is 15.1 Å². The molecule has 0 saturated carbocycles. The van der Waals surface area contributed by atoms with Gasteiger partial charge in [0.15, 0.2) is 0 Å². The van der Waals surface area contributed by atoms with Crippen LogP contribution in [0.5, 0.6) is 0 Å². The van der Waals surface area contributed by atoms with E-state index in [1.165, 1.54) is 24.1 Å². The lowest BCUT2D eigenvalue weighted by Gasteiger charge is -2.23. The minimum absolute atomic E-state index is 0.429. The van der Waals surface area contributed by atoms with Gasteiger partial charge in [-0.25, -0.2) is 0 Å². The molecule has 2 atom stereocenters. The maximum atomic E-state index is 4.30. The molecule has 0 radical (unpaired) electrons. The van der Waals surface area contributed by atoms with Crippen LogP contribution in [0.1, 0.15) is 44.0 Å². The molecule has 0 aromatic carbocycles. The van der Waals surface area contributed by atoms with Crippen LogP contribution in [0.2, 0.25) is 0 Å². The third-order valence-electron chi connectivity index (χ3n) is 3.23. The summed E-state index contributed by atoms with van der Waals surface area (Å²) in [4.78, 5) is 0. The van der Waals surface area contributed by atoms with Gasteiger partial charge in [-0.15, -0.1) is 0 Å². The van der Waals surface area contributed by atoms with Gasteiger partial charge in [-0.3, -0.25) is 4.68 Å². The van der Waals surface area contributed by atoms with Gasteiger partial charge in [0.05, 0.1) is 6.20 Å². The Labute approximate surface area is 92.9 Å². The zero-order chi connectivity index (χ0) is 11.4. The summed E-state index contributed by atoms with van der Waals surface area (Å²) < 4.78 is 1.94. The fraction of sp³-hybridized carbons (Fsp3) is 0.750. The number of rotatable bonds is 5. The summed E-state index contributed by atoms with van der Waals surface area (Å²) in [5, 5.41) is 7.71. The molecule has 0 saturated heterocycles. The highest BCUT2D eigenvalue weighted by molar-refractivity contribution is 5.21. The second-order valence-electron chi connectivity index (χ2n) is 4.34. The fourth-order valence-corrected chi connectivity index (χ4v) is 2.19. The minimum Gasteiger partial charge on any atom is -0.313 e.